The molecule has 4 heterocycles. The largest absolute Gasteiger partial charge is 0.472 e. The summed E-state index contributed by atoms with van der Waals surface area (Å²) in [5.74, 6) is 0.254. The van der Waals surface area contributed by atoms with Gasteiger partial charge in [0.2, 0.25) is 5.91 Å². The molecule has 0 aliphatic carbocycles. The van der Waals surface area contributed by atoms with Crippen LogP contribution in [-0.2, 0) is 24.4 Å². The van der Waals surface area contributed by atoms with E-state index in [0.717, 1.165) is 51.1 Å². The van der Waals surface area contributed by atoms with E-state index in [1.165, 1.54) is 5.69 Å². The number of furan rings is 1. The van der Waals surface area contributed by atoms with Crippen molar-refractivity contribution in [3.05, 3.63) is 42.1 Å². The number of hydrogen-bond donors (Lipinski definition) is 0. The third-order valence-corrected chi connectivity index (χ3v) is 4.82. The summed E-state index contributed by atoms with van der Waals surface area (Å²) in [5.41, 5.74) is 2.32. The van der Waals surface area contributed by atoms with E-state index in [9.17, 15) is 4.79 Å². The molecule has 4 rings (SSSR count). The highest BCUT2D eigenvalue weighted by Crippen LogP contribution is 2.21. The molecule has 2 aromatic rings. The predicted octanol–water partition coefficient (Wildman–Crippen LogP) is 1.73. The van der Waals surface area contributed by atoms with Gasteiger partial charge in [0.25, 0.3) is 0 Å². The molecule has 1 unspecified atom stereocenters. The first-order valence-electron chi connectivity index (χ1n) is 8.32. The third-order valence-electron chi connectivity index (χ3n) is 4.82. The van der Waals surface area contributed by atoms with Crippen LogP contribution >= 0.6 is 0 Å². The first-order valence-corrected chi connectivity index (χ1v) is 8.32. The minimum absolute atomic E-state index is 0.0267. The van der Waals surface area contributed by atoms with Crippen molar-refractivity contribution in [2.24, 2.45) is 5.92 Å². The van der Waals surface area contributed by atoms with Crippen molar-refractivity contribution in [2.45, 2.75) is 32.5 Å². The average Bonchev–Trinajstić information content (AvgIpc) is 3.28. The fraction of sp³-hybridized carbons (Fsp3) is 0.529. The molecule has 0 radical (unpaired) electrons. The Balaban J connectivity index is 1.55. The van der Waals surface area contributed by atoms with E-state index in [1.54, 1.807) is 12.5 Å². The number of carbonyl (C=O) groups excluding carboxylic acids is 1. The van der Waals surface area contributed by atoms with Gasteiger partial charge in [-0.3, -0.25) is 14.4 Å². The van der Waals surface area contributed by atoms with Crippen LogP contribution in [0.3, 0.4) is 0 Å². The van der Waals surface area contributed by atoms with Crippen LogP contribution in [0.4, 0.5) is 0 Å². The molecule has 6 heteroatoms. The fourth-order valence-electron chi connectivity index (χ4n) is 3.64. The topological polar surface area (TPSA) is 54.5 Å². The average molecular weight is 314 g/mol. The van der Waals surface area contributed by atoms with E-state index in [2.05, 4.69) is 10.00 Å². The molecule has 1 atom stereocenters. The smallest absolute Gasteiger partial charge is 0.228 e. The highest BCUT2D eigenvalue weighted by molar-refractivity contribution is 5.79. The number of hydrogen-bond acceptors (Lipinski definition) is 4. The number of amides is 1. The SMILES string of the molecule is O=C(C1CN(Cc2ccoc2)Cc2ccnn2C1)N1CCCC1. The van der Waals surface area contributed by atoms with Crippen LogP contribution in [0.15, 0.2) is 35.3 Å². The van der Waals surface area contributed by atoms with Gasteiger partial charge in [0.05, 0.1) is 30.7 Å². The summed E-state index contributed by atoms with van der Waals surface area (Å²) in [6.07, 6.45) is 7.56. The molecule has 0 saturated carbocycles. The maximum Gasteiger partial charge on any atom is 0.228 e. The minimum atomic E-state index is -0.0267. The molecular weight excluding hydrogens is 292 g/mol. The highest BCUT2D eigenvalue weighted by Gasteiger charge is 2.31. The van der Waals surface area contributed by atoms with Crippen molar-refractivity contribution in [1.82, 2.24) is 19.6 Å². The summed E-state index contributed by atoms with van der Waals surface area (Å²) < 4.78 is 7.17. The molecule has 122 valence electrons. The zero-order valence-corrected chi connectivity index (χ0v) is 13.2. The summed E-state index contributed by atoms with van der Waals surface area (Å²) in [6, 6.07) is 4.03. The van der Waals surface area contributed by atoms with Crippen LogP contribution in [0.25, 0.3) is 0 Å². The lowest BCUT2D eigenvalue weighted by molar-refractivity contribution is -0.135. The minimum Gasteiger partial charge on any atom is -0.472 e. The maximum absolute atomic E-state index is 12.9. The van der Waals surface area contributed by atoms with Crippen molar-refractivity contribution in [3.63, 3.8) is 0 Å². The van der Waals surface area contributed by atoms with E-state index in [0.29, 0.717) is 6.54 Å². The van der Waals surface area contributed by atoms with Crippen molar-refractivity contribution in [3.8, 4) is 0 Å². The predicted molar refractivity (Wildman–Crippen MR) is 84.4 cm³/mol. The summed E-state index contributed by atoms with van der Waals surface area (Å²) in [6.45, 7) is 4.87. The molecule has 23 heavy (non-hydrogen) atoms. The first-order chi connectivity index (χ1) is 11.3. The Morgan fingerprint density at radius 3 is 2.91 bits per heavy atom. The first kappa shape index (κ1) is 14.5. The van der Waals surface area contributed by atoms with Gasteiger partial charge >= 0.3 is 0 Å². The van der Waals surface area contributed by atoms with E-state index in [1.807, 2.05) is 27.9 Å². The number of likely N-dealkylation sites (tertiary alicyclic amines) is 1. The van der Waals surface area contributed by atoms with Gasteiger partial charge in [-0.15, -0.1) is 0 Å². The Morgan fingerprint density at radius 2 is 2.13 bits per heavy atom. The molecule has 2 aliphatic heterocycles. The van der Waals surface area contributed by atoms with Gasteiger partial charge in [0.15, 0.2) is 0 Å². The van der Waals surface area contributed by atoms with Crippen LogP contribution in [0.1, 0.15) is 24.1 Å². The summed E-state index contributed by atoms with van der Waals surface area (Å²) in [7, 11) is 0. The monoisotopic (exact) mass is 314 g/mol. The van der Waals surface area contributed by atoms with Crippen molar-refractivity contribution < 1.29 is 9.21 Å². The van der Waals surface area contributed by atoms with Gasteiger partial charge in [-0.2, -0.15) is 5.10 Å². The van der Waals surface area contributed by atoms with E-state index >= 15 is 0 Å². The molecule has 0 aromatic carbocycles. The normalized spacial score (nSPS) is 22.1. The van der Waals surface area contributed by atoms with E-state index < -0.39 is 0 Å². The number of fused-ring (bicyclic) bond motifs is 1. The second-order valence-corrected chi connectivity index (χ2v) is 6.54. The van der Waals surface area contributed by atoms with Gasteiger partial charge in [-0.05, 0) is 25.0 Å². The van der Waals surface area contributed by atoms with Crippen LogP contribution in [0.2, 0.25) is 0 Å². The van der Waals surface area contributed by atoms with Crippen LogP contribution in [0, 0.1) is 5.92 Å². The zero-order chi connectivity index (χ0) is 15.6. The number of nitrogens with zero attached hydrogens (tertiary/aromatic N) is 4. The van der Waals surface area contributed by atoms with Gasteiger partial charge in [0, 0.05) is 44.5 Å². The molecule has 0 N–H and O–H groups in total. The van der Waals surface area contributed by atoms with E-state index in [4.69, 9.17) is 4.42 Å². The van der Waals surface area contributed by atoms with Crippen LogP contribution in [-0.4, -0.2) is 45.1 Å². The Bertz CT molecular complexity index is 658. The van der Waals surface area contributed by atoms with Crippen LogP contribution < -0.4 is 0 Å². The quantitative estimate of drug-likeness (QED) is 0.866. The lowest BCUT2D eigenvalue weighted by Crippen LogP contribution is -2.40. The molecule has 1 amide bonds. The molecule has 2 aliphatic rings. The van der Waals surface area contributed by atoms with Crippen molar-refractivity contribution >= 4 is 5.91 Å². The standard InChI is InChI=1S/C17H22N4O2/c22-17(20-6-1-2-7-20)15-10-19(9-14-4-8-23-13-14)12-16-3-5-18-21(16)11-15/h3-5,8,13,15H,1-2,6-7,9-12H2. The van der Waals surface area contributed by atoms with Crippen molar-refractivity contribution in [2.75, 3.05) is 19.6 Å². The second kappa shape index (κ2) is 6.20. The summed E-state index contributed by atoms with van der Waals surface area (Å²) in [4.78, 5) is 17.2. The fourth-order valence-corrected chi connectivity index (χ4v) is 3.64. The molecule has 0 bridgehead atoms. The number of rotatable bonds is 3. The van der Waals surface area contributed by atoms with Gasteiger partial charge < -0.3 is 9.32 Å². The Kier molecular flexibility index (Phi) is 3.91. The molecule has 1 saturated heterocycles. The van der Waals surface area contributed by atoms with E-state index in [-0.39, 0.29) is 11.8 Å². The molecule has 6 nitrogen and oxygen atoms in total. The lowest BCUT2D eigenvalue weighted by atomic mass is 10.1. The van der Waals surface area contributed by atoms with Gasteiger partial charge in [-0.1, -0.05) is 0 Å². The Hall–Kier alpha value is -2.08. The highest BCUT2D eigenvalue weighted by atomic mass is 16.3. The van der Waals surface area contributed by atoms with Crippen LogP contribution in [0.5, 0.6) is 0 Å². The maximum atomic E-state index is 12.9. The molecule has 2 aromatic heterocycles. The molecule has 0 spiro atoms. The molecule has 1 fully saturated rings. The Morgan fingerprint density at radius 1 is 1.26 bits per heavy atom. The second-order valence-electron chi connectivity index (χ2n) is 6.54. The third kappa shape index (κ3) is 3.03. The van der Waals surface area contributed by atoms with Gasteiger partial charge in [0.1, 0.15) is 0 Å². The Labute approximate surface area is 135 Å². The lowest BCUT2D eigenvalue weighted by Gasteiger charge is -2.26. The number of aromatic nitrogens is 2. The zero-order valence-electron chi connectivity index (χ0n) is 13.2. The van der Waals surface area contributed by atoms with Gasteiger partial charge in [-0.25, -0.2) is 0 Å². The number of carbonyl (C=O) groups is 1. The molecular formula is C17H22N4O2. The summed E-state index contributed by atoms with van der Waals surface area (Å²) in [5, 5.41) is 4.41. The van der Waals surface area contributed by atoms with Crippen molar-refractivity contribution in [1.29, 1.82) is 0 Å². The summed E-state index contributed by atoms with van der Waals surface area (Å²) >= 11 is 0.